The highest BCUT2D eigenvalue weighted by molar-refractivity contribution is 5.99. The van der Waals surface area contributed by atoms with Crippen LogP contribution in [0.3, 0.4) is 0 Å². The summed E-state index contributed by atoms with van der Waals surface area (Å²) < 4.78 is 35.7. The molecule has 0 spiro atoms. The van der Waals surface area contributed by atoms with Crippen LogP contribution in [0.25, 0.3) is 10.9 Å². The number of aromatic nitrogens is 1. The van der Waals surface area contributed by atoms with E-state index in [-0.39, 0.29) is 12.4 Å². The largest absolute Gasteiger partial charge is 0.493 e. The standard InChI is InChI=1S/C29H26FNO6/c1-29(2)36-27(32)26(28(33)37-29)25(21-15-31-22-7-5-4-6-20(21)22)18-10-13-23(24(14-18)34-3)35-16-17-8-11-19(30)12-9-17/h4-15,25-26,31H,16H2,1-3H3/t25-/m1/s1. The van der Waals surface area contributed by atoms with Crippen LogP contribution in [-0.4, -0.2) is 29.8 Å². The van der Waals surface area contributed by atoms with Crippen LogP contribution in [0.1, 0.15) is 36.5 Å². The van der Waals surface area contributed by atoms with Crippen molar-refractivity contribution in [2.45, 2.75) is 32.2 Å². The number of aromatic amines is 1. The Kier molecular flexibility index (Phi) is 6.33. The molecule has 0 amide bonds. The zero-order valence-corrected chi connectivity index (χ0v) is 20.6. The van der Waals surface area contributed by atoms with Gasteiger partial charge >= 0.3 is 11.9 Å². The van der Waals surface area contributed by atoms with Crippen LogP contribution >= 0.6 is 0 Å². The zero-order chi connectivity index (χ0) is 26.2. The molecule has 2 heterocycles. The maximum Gasteiger partial charge on any atom is 0.324 e. The molecule has 0 bridgehead atoms. The number of cyclic esters (lactones) is 2. The normalized spacial score (nSPS) is 16.2. The summed E-state index contributed by atoms with van der Waals surface area (Å²) in [5.74, 6) is -4.04. The Balaban J connectivity index is 1.54. The molecule has 0 aliphatic carbocycles. The molecule has 1 fully saturated rings. The van der Waals surface area contributed by atoms with Gasteiger partial charge in [-0.3, -0.25) is 9.59 Å². The van der Waals surface area contributed by atoms with Crippen molar-refractivity contribution in [2.24, 2.45) is 5.92 Å². The topological polar surface area (TPSA) is 86.9 Å². The number of para-hydroxylation sites is 1. The van der Waals surface area contributed by atoms with E-state index in [4.69, 9.17) is 18.9 Å². The SMILES string of the molecule is COc1cc([C@H](c2c[nH]c3ccccc23)C2C(=O)OC(C)(C)OC2=O)ccc1OCc1ccc(F)cc1. The molecular formula is C29H26FNO6. The molecule has 5 rings (SSSR count). The van der Waals surface area contributed by atoms with Gasteiger partial charge in [0.2, 0.25) is 0 Å². The van der Waals surface area contributed by atoms with E-state index in [9.17, 15) is 14.0 Å². The number of hydrogen-bond donors (Lipinski definition) is 1. The molecule has 1 atom stereocenters. The van der Waals surface area contributed by atoms with Gasteiger partial charge in [-0.25, -0.2) is 4.39 Å². The van der Waals surface area contributed by atoms with Crippen molar-refractivity contribution in [3.05, 3.63) is 95.4 Å². The average Bonchev–Trinajstić information content (AvgIpc) is 3.29. The number of carbonyl (C=O) groups excluding carboxylic acids is 2. The lowest BCUT2D eigenvalue weighted by molar-refractivity contribution is -0.240. The van der Waals surface area contributed by atoms with Crippen molar-refractivity contribution in [1.82, 2.24) is 4.98 Å². The summed E-state index contributed by atoms with van der Waals surface area (Å²) in [4.78, 5) is 29.5. The maximum absolute atomic E-state index is 13.2. The number of fused-ring (bicyclic) bond motifs is 1. The minimum atomic E-state index is -1.34. The van der Waals surface area contributed by atoms with Crippen molar-refractivity contribution in [2.75, 3.05) is 7.11 Å². The summed E-state index contributed by atoms with van der Waals surface area (Å²) in [6.07, 6.45) is 1.79. The minimum Gasteiger partial charge on any atom is -0.493 e. The van der Waals surface area contributed by atoms with Gasteiger partial charge in [-0.15, -0.1) is 0 Å². The number of methoxy groups -OCH3 is 1. The molecule has 0 radical (unpaired) electrons. The number of esters is 2. The molecule has 1 aliphatic heterocycles. The lowest BCUT2D eigenvalue weighted by atomic mass is 9.80. The zero-order valence-electron chi connectivity index (χ0n) is 20.6. The lowest BCUT2D eigenvalue weighted by Crippen LogP contribution is -2.48. The van der Waals surface area contributed by atoms with Gasteiger partial charge in [0.25, 0.3) is 5.79 Å². The number of benzene rings is 3. The van der Waals surface area contributed by atoms with Gasteiger partial charge in [-0.1, -0.05) is 36.4 Å². The number of H-pyrrole nitrogens is 1. The highest BCUT2D eigenvalue weighted by Crippen LogP contribution is 2.43. The molecule has 1 N–H and O–H groups in total. The van der Waals surface area contributed by atoms with Gasteiger partial charge < -0.3 is 23.9 Å². The lowest BCUT2D eigenvalue weighted by Gasteiger charge is -2.36. The molecule has 7 nitrogen and oxygen atoms in total. The van der Waals surface area contributed by atoms with Crippen LogP contribution in [-0.2, 0) is 25.7 Å². The Labute approximate surface area is 213 Å². The Morgan fingerprint density at radius 1 is 0.973 bits per heavy atom. The van der Waals surface area contributed by atoms with E-state index in [1.165, 1.54) is 33.1 Å². The Morgan fingerprint density at radius 3 is 2.38 bits per heavy atom. The summed E-state index contributed by atoms with van der Waals surface area (Å²) in [5, 5.41) is 0.869. The second-order valence-corrected chi connectivity index (χ2v) is 9.31. The number of ether oxygens (including phenoxy) is 4. The van der Waals surface area contributed by atoms with Gasteiger partial charge in [0.15, 0.2) is 17.4 Å². The van der Waals surface area contributed by atoms with E-state index in [1.807, 2.05) is 24.3 Å². The minimum absolute atomic E-state index is 0.207. The first-order valence-corrected chi connectivity index (χ1v) is 11.8. The first-order chi connectivity index (χ1) is 17.8. The third-order valence-corrected chi connectivity index (χ3v) is 6.34. The van der Waals surface area contributed by atoms with Crippen LogP contribution in [0.15, 0.2) is 72.9 Å². The van der Waals surface area contributed by atoms with Gasteiger partial charge in [0.1, 0.15) is 12.4 Å². The number of carbonyl (C=O) groups is 2. The summed E-state index contributed by atoms with van der Waals surface area (Å²) in [6, 6.07) is 18.9. The van der Waals surface area contributed by atoms with Crippen molar-refractivity contribution in [3.8, 4) is 11.5 Å². The number of rotatable bonds is 7. The van der Waals surface area contributed by atoms with Gasteiger partial charge in [-0.05, 0) is 47.0 Å². The van der Waals surface area contributed by atoms with Gasteiger partial charge in [0.05, 0.1) is 7.11 Å². The Bertz CT molecular complexity index is 1440. The summed E-state index contributed by atoms with van der Waals surface area (Å²) in [6.45, 7) is 3.25. The molecule has 8 heteroatoms. The van der Waals surface area contributed by atoms with E-state index in [0.29, 0.717) is 17.1 Å². The van der Waals surface area contributed by atoms with E-state index in [1.54, 1.807) is 36.5 Å². The molecule has 1 aliphatic rings. The number of hydrogen-bond acceptors (Lipinski definition) is 6. The highest BCUT2D eigenvalue weighted by Gasteiger charge is 2.48. The molecule has 0 saturated carbocycles. The van der Waals surface area contributed by atoms with E-state index < -0.39 is 29.6 Å². The summed E-state index contributed by atoms with van der Waals surface area (Å²) in [5.41, 5.74) is 3.05. The maximum atomic E-state index is 13.2. The fourth-order valence-corrected chi connectivity index (χ4v) is 4.64. The first-order valence-electron chi connectivity index (χ1n) is 11.8. The third-order valence-electron chi connectivity index (χ3n) is 6.34. The summed E-state index contributed by atoms with van der Waals surface area (Å²) >= 11 is 0. The van der Waals surface area contributed by atoms with E-state index in [2.05, 4.69) is 4.98 Å². The van der Waals surface area contributed by atoms with Crippen molar-refractivity contribution < 1.29 is 32.9 Å². The van der Waals surface area contributed by atoms with Crippen molar-refractivity contribution in [3.63, 3.8) is 0 Å². The van der Waals surface area contributed by atoms with Crippen molar-refractivity contribution in [1.29, 1.82) is 0 Å². The van der Waals surface area contributed by atoms with E-state index >= 15 is 0 Å². The second-order valence-electron chi connectivity index (χ2n) is 9.31. The first kappa shape index (κ1) is 24.4. The predicted molar refractivity (Wildman–Crippen MR) is 134 cm³/mol. The third kappa shape index (κ3) is 4.87. The molecule has 4 aromatic rings. The fraction of sp³-hybridized carbons (Fsp3) is 0.241. The van der Waals surface area contributed by atoms with Crippen molar-refractivity contribution >= 4 is 22.8 Å². The molecule has 1 saturated heterocycles. The average molecular weight is 504 g/mol. The van der Waals surface area contributed by atoms with E-state index in [0.717, 1.165) is 22.0 Å². The highest BCUT2D eigenvalue weighted by atomic mass is 19.1. The molecule has 190 valence electrons. The van der Waals surface area contributed by atoms with Crippen LogP contribution in [0, 0.1) is 11.7 Å². The van der Waals surface area contributed by atoms with Gasteiger partial charge in [-0.2, -0.15) is 0 Å². The quantitative estimate of drug-likeness (QED) is 0.266. The fourth-order valence-electron chi connectivity index (χ4n) is 4.64. The Hall–Kier alpha value is -4.33. The molecule has 3 aromatic carbocycles. The second kappa shape index (κ2) is 9.61. The smallest absolute Gasteiger partial charge is 0.324 e. The number of halogens is 1. The van der Waals surface area contributed by atoms with Crippen LogP contribution in [0.5, 0.6) is 11.5 Å². The monoisotopic (exact) mass is 503 g/mol. The molecular weight excluding hydrogens is 477 g/mol. The predicted octanol–water partition coefficient (Wildman–Crippen LogP) is 5.48. The van der Waals surface area contributed by atoms with Crippen LogP contribution in [0.4, 0.5) is 4.39 Å². The summed E-state index contributed by atoms with van der Waals surface area (Å²) in [7, 11) is 1.51. The Morgan fingerprint density at radius 2 is 1.68 bits per heavy atom. The number of nitrogens with one attached hydrogen (secondary N) is 1. The van der Waals surface area contributed by atoms with Gasteiger partial charge in [0, 0.05) is 36.9 Å². The molecule has 1 aromatic heterocycles. The molecule has 0 unspecified atom stereocenters. The van der Waals surface area contributed by atoms with Crippen LogP contribution < -0.4 is 9.47 Å². The molecule has 37 heavy (non-hydrogen) atoms. The van der Waals surface area contributed by atoms with Crippen LogP contribution in [0.2, 0.25) is 0 Å².